The van der Waals surface area contributed by atoms with Gasteiger partial charge in [0.05, 0.1) is 28.2 Å². The van der Waals surface area contributed by atoms with Gasteiger partial charge in [0.15, 0.2) is 9.84 Å². The molecule has 1 aliphatic heterocycles. The van der Waals surface area contributed by atoms with E-state index < -0.39 is 89.7 Å². The molecule has 3 N–H and O–H groups in total. The Morgan fingerprint density at radius 3 is 2.24 bits per heavy atom. The Labute approximate surface area is 300 Å². The van der Waals surface area contributed by atoms with Gasteiger partial charge in [0.25, 0.3) is 0 Å². The zero-order valence-electron chi connectivity index (χ0n) is 28.8. The first-order valence-corrected chi connectivity index (χ1v) is 19.6. The number of benzene rings is 2. The summed E-state index contributed by atoms with van der Waals surface area (Å²) in [4.78, 5) is 47.7. The Morgan fingerprint density at radius 2 is 1.65 bits per heavy atom. The number of aliphatic carboxylic acids is 1. The Hall–Kier alpha value is -3.89. The van der Waals surface area contributed by atoms with Gasteiger partial charge in [-0.3, -0.25) is 14.1 Å². The second-order valence-electron chi connectivity index (χ2n) is 12.7. The van der Waals surface area contributed by atoms with Crippen LogP contribution in [0.15, 0.2) is 53.4 Å². The van der Waals surface area contributed by atoms with Crippen LogP contribution < -0.4 is 15.2 Å². The summed E-state index contributed by atoms with van der Waals surface area (Å²) in [5.41, 5.74) is -0.330. The zero-order chi connectivity index (χ0) is 38.1. The molecule has 0 radical (unpaired) electrons. The third-order valence-electron chi connectivity index (χ3n) is 7.09. The summed E-state index contributed by atoms with van der Waals surface area (Å²) in [5.74, 6) is -2.18. The van der Waals surface area contributed by atoms with Gasteiger partial charge in [0.2, 0.25) is 0 Å². The molecule has 2 amide bonds. The molecule has 0 bridgehead atoms. The lowest BCUT2D eigenvalue weighted by Gasteiger charge is -2.28. The van der Waals surface area contributed by atoms with Crippen molar-refractivity contribution in [1.82, 2.24) is 10.6 Å². The molecular weight excluding hydrogens is 735 g/mol. The molecule has 0 spiro atoms. The summed E-state index contributed by atoms with van der Waals surface area (Å²) >= 11 is 5.86. The van der Waals surface area contributed by atoms with Gasteiger partial charge >= 0.3 is 31.7 Å². The van der Waals surface area contributed by atoms with E-state index in [-0.39, 0.29) is 23.9 Å². The number of carboxylic acid groups (broad SMARTS) is 1. The van der Waals surface area contributed by atoms with Crippen molar-refractivity contribution in [2.75, 3.05) is 25.6 Å². The van der Waals surface area contributed by atoms with Gasteiger partial charge in [-0.2, -0.15) is 0 Å². The number of hydrogen-bond acceptors (Lipinski definition) is 13. The number of sulfone groups is 1. The number of carbonyl (C=O) groups is 4. The van der Waals surface area contributed by atoms with Gasteiger partial charge in [-0.15, -0.1) is 0 Å². The number of halogens is 1. The molecule has 1 saturated heterocycles. The molecule has 282 valence electrons. The molecular formula is C32H42ClN2O14PS. The Bertz CT molecular complexity index is 1700. The molecule has 0 saturated carbocycles. The lowest BCUT2D eigenvalue weighted by atomic mass is 9.97. The third-order valence-corrected chi connectivity index (χ3v) is 10.4. The average molecular weight is 777 g/mol. The number of amides is 2. The molecule has 6 atom stereocenters. The number of ether oxygens (including phenoxy) is 4. The Morgan fingerprint density at radius 1 is 1.02 bits per heavy atom. The predicted octanol–water partition coefficient (Wildman–Crippen LogP) is 4.57. The minimum atomic E-state index is -4.00. The number of carboxylic acids is 1. The molecule has 1 aliphatic rings. The van der Waals surface area contributed by atoms with Crippen molar-refractivity contribution in [2.45, 2.75) is 76.6 Å². The first-order chi connectivity index (χ1) is 23.6. The molecule has 19 heteroatoms. The maximum Gasteiger partial charge on any atom is 0.407 e. The SMILES string of the molecule is CC(CS(=O)(=O)c1ccc(Cl)cc1)OC(=O)NC1C(OP(C)(=O)Oc2ccc(COC(=O)NCC(=O)O)cc2)[C@@H](COC(=O)C(C)(C)C)O[C@H]1C. The number of alkyl carbamates (subject to hydrolysis) is 2. The fourth-order valence-corrected chi connectivity index (χ4v) is 7.45. The van der Waals surface area contributed by atoms with Crippen molar-refractivity contribution in [2.24, 2.45) is 5.41 Å². The van der Waals surface area contributed by atoms with Crippen LogP contribution in [0.5, 0.6) is 5.75 Å². The molecule has 3 rings (SSSR count). The van der Waals surface area contributed by atoms with Crippen LogP contribution in [0.25, 0.3) is 0 Å². The van der Waals surface area contributed by atoms with Crippen molar-refractivity contribution < 1.29 is 65.3 Å². The highest BCUT2D eigenvalue weighted by Crippen LogP contribution is 2.48. The quantitative estimate of drug-likeness (QED) is 0.128. The molecule has 1 heterocycles. The average Bonchev–Trinajstić information content (AvgIpc) is 3.29. The monoisotopic (exact) mass is 776 g/mol. The van der Waals surface area contributed by atoms with E-state index in [2.05, 4.69) is 10.6 Å². The topological polar surface area (TPSA) is 219 Å². The smallest absolute Gasteiger partial charge is 0.407 e. The van der Waals surface area contributed by atoms with E-state index in [0.29, 0.717) is 10.6 Å². The van der Waals surface area contributed by atoms with Gasteiger partial charge in [-0.05, 0) is 76.6 Å². The van der Waals surface area contributed by atoms with Gasteiger partial charge in [-0.25, -0.2) is 22.6 Å². The summed E-state index contributed by atoms with van der Waals surface area (Å²) in [6, 6.07) is 10.5. The predicted molar refractivity (Wildman–Crippen MR) is 182 cm³/mol. The minimum Gasteiger partial charge on any atom is -0.480 e. The van der Waals surface area contributed by atoms with Gasteiger partial charge in [0, 0.05) is 11.7 Å². The van der Waals surface area contributed by atoms with Crippen molar-refractivity contribution in [3.8, 4) is 5.75 Å². The summed E-state index contributed by atoms with van der Waals surface area (Å²) in [7, 11) is -7.83. The van der Waals surface area contributed by atoms with E-state index in [1.807, 2.05) is 0 Å². The molecule has 2 aromatic carbocycles. The fourth-order valence-electron chi connectivity index (χ4n) is 4.64. The standard InChI is InChI=1S/C32H42ClN2O14PS/c1-19(18-51(42,43)24-13-9-22(33)10-14-24)46-31(40)35-27-20(2)47-25(17-44-29(38)32(3,4)5)28(27)49-50(6,41)48-23-11-7-21(8-12-23)16-45-30(39)34-15-26(36)37/h7-14,19-20,25,27-28H,15-18H2,1-6H3,(H,34,39)(H,35,40)(H,36,37)/t19?,20-,25+,27?,28?,50?/m0/s1. The summed E-state index contributed by atoms with van der Waals surface area (Å²) in [6.07, 6.45) is -5.99. The van der Waals surface area contributed by atoms with Crippen LogP contribution in [0.2, 0.25) is 5.02 Å². The largest absolute Gasteiger partial charge is 0.480 e. The van der Waals surface area contributed by atoms with Crippen LogP contribution in [-0.4, -0.2) is 93.7 Å². The zero-order valence-corrected chi connectivity index (χ0v) is 31.3. The van der Waals surface area contributed by atoms with E-state index in [0.717, 1.165) is 0 Å². The lowest BCUT2D eigenvalue weighted by Crippen LogP contribution is -2.49. The van der Waals surface area contributed by atoms with Crippen LogP contribution in [0.3, 0.4) is 0 Å². The summed E-state index contributed by atoms with van der Waals surface area (Å²) in [6.45, 7) is 8.08. The van der Waals surface area contributed by atoms with Crippen LogP contribution in [0.1, 0.15) is 40.2 Å². The number of nitrogens with one attached hydrogen (secondary N) is 2. The van der Waals surface area contributed by atoms with E-state index >= 15 is 0 Å². The summed E-state index contributed by atoms with van der Waals surface area (Å²) < 4.78 is 72.6. The maximum atomic E-state index is 13.7. The second kappa shape index (κ2) is 17.6. The van der Waals surface area contributed by atoms with Gasteiger partial charge in [-0.1, -0.05) is 23.7 Å². The molecule has 4 unspecified atom stereocenters. The van der Waals surface area contributed by atoms with Crippen molar-refractivity contribution >= 4 is 53.2 Å². The van der Waals surface area contributed by atoms with Gasteiger partial charge < -0.3 is 39.2 Å². The highest BCUT2D eigenvalue weighted by Gasteiger charge is 2.48. The van der Waals surface area contributed by atoms with Crippen molar-refractivity contribution in [3.63, 3.8) is 0 Å². The van der Waals surface area contributed by atoms with Gasteiger partial charge in [0.1, 0.15) is 43.8 Å². The van der Waals surface area contributed by atoms with E-state index in [4.69, 9.17) is 44.7 Å². The molecule has 51 heavy (non-hydrogen) atoms. The highest BCUT2D eigenvalue weighted by atomic mass is 35.5. The fraction of sp³-hybridized carbons (Fsp3) is 0.500. The lowest BCUT2D eigenvalue weighted by molar-refractivity contribution is -0.158. The van der Waals surface area contributed by atoms with Crippen molar-refractivity contribution in [1.29, 1.82) is 0 Å². The van der Waals surface area contributed by atoms with E-state index in [9.17, 15) is 32.2 Å². The third kappa shape index (κ3) is 13.3. The minimum absolute atomic E-state index is 0.00346. The van der Waals surface area contributed by atoms with E-state index in [1.165, 1.54) is 62.1 Å². The first kappa shape index (κ1) is 41.5. The van der Waals surface area contributed by atoms with Crippen LogP contribution >= 0.6 is 19.2 Å². The Kier molecular flexibility index (Phi) is 14.3. The molecule has 1 fully saturated rings. The summed E-state index contributed by atoms with van der Waals surface area (Å²) in [5, 5.41) is 13.7. The maximum absolute atomic E-state index is 13.7. The molecule has 16 nitrogen and oxygen atoms in total. The second-order valence-corrected chi connectivity index (χ2v) is 17.2. The normalized spacial score (nSPS) is 20.7. The number of esters is 1. The first-order valence-electron chi connectivity index (χ1n) is 15.6. The number of rotatable bonds is 15. The number of carbonyl (C=O) groups excluding carboxylic acids is 3. The van der Waals surface area contributed by atoms with Crippen LogP contribution in [0, 0.1) is 5.41 Å². The molecule has 0 aromatic heterocycles. The van der Waals surface area contributed by atoms with Crippen LogP contribution in [-0.2, 0) is 54.1 Å². The Balaban J connectivity index is 1.70. The highest BCUT2D eigenvalue weighted by molar-refractivity contribution is 7.91. The van der Waals surface area contributed by atoms with Crippen LogP contribution in [0.4, 0.5) is 9.59 Å². The molecule has 0 aliphatic carbocycles. The van der Waals surface area contributed by atoms with E-state index in [1.54, 1.807) is 27.7 Å². The molecule has 2 aromatic rings. The number of hydrogen-bond donors (Lipinski definition) is 3. The van der Waals surface area contributed by atoms with Crippen molar-refractivity contribution in [3.05, 3.63) is 59.1 Å².